The maximum absolute atomic E-state index is 5.99. The summed E-state index contributed by atoms with van der Waals surface area (Å²) in [7, 11) is 0. The first-order chi connectivity index (χ1) is 12.2. The summed E-state index contributed by atoms with van der Waals surface area (Å²) in [4.78, 5) is 0. The lowest BCUT2D eigenvalue weighted by atomic mass is 10.0. The molecule has 0 aliphatic carbocycles. The van der Waals surface area contributed by atoms with Crippen molar-refractivity contribution in [2.45, 2.75) is 46.4 Å². The Bertz CT molecular complexity index is 851. The van der Waals surface area contributed by atoms with Gasteiger partial charge in [-0.3, -0.25) is 9.36 Å². The molecule has 3 aromatic rings. The van der Waals surface area contributed by atoms with Gasteiger partial charge in [0.15, 0.2) is 0 Å². The summed E-state index contributed by atoms with van der Waals surface area (Å²) >= 11 is 0. The molecule has 25 heavy (non-hydrogen) atoms. The van der Waals surface area contributed by atoms with Gasteiger partial charge in [-0.2, -0.15) is 10.2 Å². The monoisotopic (exact) mass is 342 g/mol. The minimum atomic E-state index is -0.188. The first kappa shape index (κ1) is 16.0. The van der Waals surface area contributed by atoms with Crippen molar-refractivity contribution >= 4 is 0 Å². The van der Waals surface area contributed by atoms with Crippen LogP contribution in [0.15, 0.2) is 22.9 Å². The van der Waals surface area contributed by atoms with Crippen LogP contribution in [0.5, 0.6) is 0 Å². The summed E-state index contributed by atoms with van der Waals surface area (Å²) in [5.74, 6) is 1.32. The van der Waals surface area contributed by atoms with Gasteiger partial charge in [-0.25, -0.2) is 0 Å². The lowest BCUT2D eigenvalue weighted by Crippen LogP contribution is -2.15. The molecule has 0 spiro atoms. The van der Waals surface area contributed by atoms with Crippen molar-refractivity contribution in [3.8, 4) is 11.5 Å². The van der Waals surface area contributed by atoms with Crippen LogP contribution >= 0.6 is 0 Å². The summed E-state index contributed by atoms with van der Waals surface area (Å²) in [5.41, 5.74) is 2.85. The van der Waals surface area contributed by atoms with E-state index in [4.69, 9.17) is 9.15 Å². The molecule has 4 heterocycles. The molecule has 0 aromatic carbocycles. The van der Waals surface area contributed by atoms with Gasteiger partial charge in [0, 0.05) is 43.7 Å². The molecule has 0 unspecified atom stereocenters. The number of aryl methyl sites for hydroxylation is 2. The first-order valence-electron chi connectivity index (χ1n) is 8.64. The van der Waals surface area contributed by atoms with E-state index in [0.29, 0.717) is 18.4 Å². The summed E-state index contributed by atoms with van der Waals surface area (Å²) in [6.45, 7) is 8.33. The SMILES string of the molecule is CCn1nc(C)c(-c2nnc([C@H]3OCC[C@H]3Cn3cccn3)o2)c1C. The zero-order valence-corrected chi connectivity index (χ0v) is 14.7. The predicted octanol–water partition coefficient (Wildman–Crippen LogP) is 2.54. The maximum atomic E-state index is 5.99. The number of ether oxygens (including phenoxy) is 1. The fourth-order valence-electron chi connectivity index (χ4n) is 3.51. The van der Waals surface area contributed by atoms with Crippen molar-refractivity contribution in [1.29, 1.82) is 0 Å². The van der Waals surface area contributed by atoms with Crippen LogP contribution < -0.4 is 0 Å². The van der Waals surface area contributed by atoms with Crippen LogP contribution in [0, 0.1) is 19.8 Å². The first-order valence-corrected chi connectivity index (χ1v) is 8.64. The molecule has 132 valence electrons. The molecule has 0 N–H and O–H groups in total. The van der Waals surface area contributed by atoms with Gasteiger partial charge >= 0.3 is 0 Å². The van der Waals surface area contributed by atoms with Crippen LogP contribution in [-0.2, 0) is 17.8 Å². The fourth-order valence-corrected chi connectivity index (χ4v) is 3.51. The third kappa shape index (κ3) is 2.86. The molecule has 1 aliphatic heterocycles. The van der Waals surface area contributed by atoms with Crippen molar-refractivity contribution in [3.05, 3.63) is 35.7 Å². The lowest BCUT2D eigenvalue weighted by Gasteiger charge is -2.14. The van der Waals surface area contributed by atoms with Gasteiger partial charge in [0.05, 0.1) is 11.3 Å². The van der Waals surface area contributed by atoms with Gasteiger partial charge in [-0.1, -0.05) is 0 Å². The van der Waals surface area contributed by atoms with Gasteiger partial charge in [0.2, 0.25) is 5.89 Å². The number of nitrogens with zero attached hydrogens (tertiary/aromatic N) is 6. The third-order valence-corrected chi connectivity index (χ3v) is 4.77. The van der Waals surface area contributed by atoms with Gasteiger partial charge in [-0.15, -0.1) is 10.2 Å². The average molecular weight is 342 g/mol. The molecule has 0 radical (unpaired) electrons. The van der Waals surface area contributed by atoms with Crippen LogP contribution in [0.3, 0.4) is 0 Å². The molecule has 1 aliphatic rings. The molecule has 8 nitrogen and oxygen atoms in total. The Hall–Kier alpha value is -2.48. The smallest absolute Gasteiger partial charge is 0.251 e. The average Bonchev–Trinajstić information content (AvgIpc) is 3.36. The third-order valence-electron chi connectivity index (χ3n) is 4.77. The van der Waals surface area contributed by atoms with E-state index in [1.807, 2.05) is 35.5 Å². The van der Waals surface area contributed by atoms with Gasteiger partial charge < -0.3 is 9.15 Å². The molecule has 3 aromatic heterocycles. The summed E-state index contributed by atoms with van der Waals surface area (Å²) < 4.78 is 15.7. The lowest BCUT2D eigenvalue weighted by molar-refractivity contribution is 0.0634. The number of rotatable bonds is 5. The highest BCUT2D eigenvalue weighted by molar-refractivity contribution is 5.59. The predicted molar refractivity (Wildman–Crippen MR) is 89.7 cm³/mol. The van der Waals surface area contributed by atoms with Crippen molar-refractivity contribution in [3.63, 3.8) is 0 Å². The Morgan fingerprint density at radius 3 is 2.88 bits per heavy atom. The van der Waals surface area contributed by atoms with E-state index in [1.165, 1.54) is 0 Å². The highest BCUT2D eigenvalue weighted by atomic mass is 16.5. The summed E-state index contributed by atoms with van der Waals surface area (Å²) in [6.07, 6.45) is 4.51. The molecule has 1 saturated heterocycles. The van der Waals surface area contributed by atoms with Gasteiger partial charge in [0.1, 0.15) is 6.10 Å². The van der Waals surface area contributed by atoms with Crippen molar-refractivity contribution in [1.82, 2.24) is 29.8 Å². The second-order valence-corrected chi connectivity index (χ2v) is 6.38. The quantitative estimate of drug-likeness (QED) is 0.708. The maximum Gasteiger partial charge on any atom is 0.251 e. The normalized spacial score (nSPS) is 20.4. The van der Waals surface area contributed by atoms with Crippen molar-refractivity contribution < 1.29 is 9.15 Å². The van der Waals surface area contributed by atoms with E-state index in [0.717, 1.165) is 36.5 Å². The minimum Gasteiger partial charge on any atom is -0.418 e. The van der Waals surface area contributed by atoms with Gasteiger partial charge in [0.25, 0.3) is 5.89 Å². The van der Waals surface area contributed by atoms with E-state index in [-0.39, 0.29) is 12.0 Å². The number of hydrogen-bond acceptors (Lipinski definition) is 6. The zero-order valence-electron chi connectivity index (χ0n) is 14.7. The minimum absolute atomic E-state index is 0.188. The van der Waals surface area contributed by atoms with Crippen molar-refractivity contribution in [2.24, 2.45) is 5.92 Å². The fraction of sp³-hybridized carbons (Fsp3) is 0.529. The highest BCUT2D eigenvalue weighted by Crippen LogP contribution is 2.36. The molecule has 2 atom stereocenters. The summed E-state index contributed by atoms with van der Waals surface area (Å²) in [5, 5.41) is 17.3. The van der Waals surface area contributed by atoms with Gasteiger partial charge in [-0.05, 0) is 33.3 Å². The number of hydrogen-bond donors (Lipinski definition) is 0. The topological polar surface area (TPSA) is 83.8 Å². The molecule has 0 amide bonds. The Morgan fingerprint density at radius 2 is 2.16 bits per heavy atom. The molecule has 4 rings (SSSR count). The van der Waals surface area contributed by atoms with Crippen LogP contribution in [-0.4, -0.2) is 36.4 Å². The second-order valence-electron chi connectivity index (χ2n) is 6.38. The zero-order chi connectivity index (χ0) is 17.4. The second kappa shape index (κ2) is 6.44. The Kier molecular flexibility index (Phi) is 4.12. The van der Waals surface area contributed by atoms with Crippen LogP contribution in [0.1, 0.15) is 36.7 Å². The largest absolute Gasteiger partial charge is 0.418 e. The van der Waals surface area contributed by atoms with E-state index in [9.17, 15) is 0 Å². The molecular formula is C17H22N6O2. The molecular weight excluding hydrogens is 320 g/mol. The number of aromatic nitrogens is 6. The van der Waals surface area contributed by atoms with E-state index in [1.54, 1.807) is 6.20 Å². The van der Waals surface area contributed by atoms with E-state index in [2.05, 4.69) is 27.3 Å². The Labute approximate surface area is 145 Å². The van der Waals surface area contributed by atoms with E-state index >= 15 is 0 Å². The highest BCUT2D eigenvalue weighted by Gasteiger charge is 2.35. The molecule has 1 fully saturated rings. The molecule has 0 bridgehead atoms. The summed E-state index contributed by atoms with van der Waals surface area (Å²) in [6, 6.07) is 1.92. The van der Waals surface area contributed by atoms with Crippen LogP contribution in [0.2, 0.25) is 0 Å². The van der Waals surface area contributed by atoms with Crippen molar-refractivity contribution in [2.75, 3.05) is 6.61 Å². The molecule has 0 saturated carbocycles. The van der Waals surface area contributed by atoms with E-state index < -0.39 is 0 Å². The van der Waals surface area contributed by atoms with Crippen LogP contribution in [0.4, 0.5) is 0 Å². The molecule has 8 heteroatoms. The van der Waals surface area contributed by atoms with Crippen LogP contribution in [0.25, 0.3) is 11.5 Å². The Morgan fingerprint density at radius 1 is 1.28 bits per heavy atom. The Balaban J connectivity index is 1.59. The standard InChI is InChI=1S/C17H22N6O2/c1-4-23-12(3)14(11(2)21-23)16-19-20-17(25-16)15-13(6-9-24-15)10-22-8-5-7-18-22/h5,7-8,13,15H,4,6,9-10H2,1-3H3/t13-,15-/m0/s1.